The molecule has 0 radical (unpaired) electrons. The minimum absolute atomic E-state index is 0.00233. The van der Waals surface area contributed by atoms with Crippen LogP contribution < -0.4 is 36.6 Å². The fourth-order valence-electron chi connectivity index (χ4n) is 11.7. The lowest BCUT2D eigenvalue weighted by Gasteiger charge is -2.49. The monoisotopic (exact) mass is 758 g/mol. The van der Waals surface area contributed by atoms with Crippen LogP contribution in [0.25, 0.3) is 54.8 Å². The van der Waals surface area contributed by atoms with E-state index in [-0.39, 0.29) is 17.7 Å². The second-order valence-electron chi connectivity index (χ2n) is 19.3. The van der Waals surface area contributed by atoms with Crippen molar-refractivity contribution < 1.29 is 0 Å². The number of hydrogen-bond donors (Lipinski definition) is 0. The number of nitrogens with zero attached hydrogens (tertiary/aromatic N) is 2. The average Bonchev–Trinajstić information content (AvgIpc) is 3.71. The highest BCUT2D eigenvalue weighted by Gasteiger charge is 2.56. The summed E-state index contributed by atoms with van der Waals surface area (Å²) in [6.07, 6.45) is 0. The van der Waals surface area contributed by atoms with Crippen molar-refractivity contribution in [2.24, 2.45) is 0 Å². The molecule has 0 saturated carbocycles. The molecule has 0 unspecified atom stereocenters. The first-order valence-electron chi connectivity index (χ1n) is 21.0. The highest BCUT2D eigenvalue weighted by molar-refractivity contribution is 7.24. The Kier molecular flexibility index (Phi) is 6.07. The summed E-state index contributed by atoms with van der Waals surface area (Å²) in [7, 11) is -2.75. The van der Waals surface area contributed by atoms with Crippen LogP contribution in [0, 0.1) is 0 Å². The van der Waals surface area contributed by atoms with Crippen LogP contribution in [-0.4, -0.2) is 19.4 Å². The van der Waals surface area contributed by atoms with Gasteiger partial charge in [-0.3, -0.25) is 0 Å². The molecule has 0 aliphatic carbocycles. The molecule has 9 aromatic rings. The Bertz CT molecular complexity index is 3290. The number of aromatic nitrogens is 1. The van der Waals surface area contributed by atoms with Gasteiger partial charge in [0, 0.05) is 44.4 Å². The first kappa shape index (κ1) is 32.9. The van der Waals surface area contributed by atoms with E-state index in [2.05, 4.69) is 203 Å². The number of anilines is 3. The normalized spacial score (nSPS) is 15.1. The molecule has 4 heteroatoms. The number of rotatable bonds is 0. The molecule has 0 saturated heterocycles. The summed E-state index contributed by atoms with van der Waals surface area (Å²) in [6.45, 7) is 14.1. The third kappa shape index (κ3) is 3.81. The molecule has 0 fully saturated rings. The van der Waals surface area contributed by atoms with Gasteiger partial charge in [0.25, 0.3) is 0 Å². The van der Waals surface area contributed by atoms with Crippen LogP contribution in [0.15, 0.2) is 152 Å². The lowest BCUT2D eigenvalue weighted by atomic mass is 9.44. The van der Waals surface area contributed by atoms with Gasteiger partial charge in [-0.15, -0.1) is 0 Å². The molecule has 1 spiro atoms. The molecular weight excluding hydrogens is 716 g/mol. The highest BCUT2D eigenvalue weighted by Crippen LogP contribution is 2.50. The molecule has 4 aliphatic heterocycles. The van der Waals surface area contributed by atoms with E-state index < -0.39 is 8.07 Å². The Morgan fingerprint density at radius 1 is 0.483 bits per heavy atom. The molecule has 0 bridgehead atoms. The van der Waals surface area contributed by atoms with E-state index in [0.29, 0.717) is 0 Å². The van der Waals surface area contributed by atoms with Crippen molar-refractivity contribution in [3.63, 3.8) is 0 Å². The van der Waals surface area contributed by atoms with Crippen LogP contribution in [0.1, 0.15) is 52.7 Å². The van der Waals surface area contributed by atoms with E-state index in [9.17, 15) is 0 Å². The topological polar surface area (TPSA) is 8.17 Å². The van der Waals surface area contributed by atoms with Gasteiger partial charge in [0.2, 0.25) is 0 Å². The van der Waals surface area contributed by atoms with Crippen LogP contribution in [0.5, 0.6) is 0 Å². The second-order valence-corrected chi connectivity index (χ2v) is 22.9. The Labute approximate surface area is 341 Å². The van der Waals surface area contributed by atoms with Crippen molar-refractivity contribution in [2.45, 2.75) is 52.4 Å². The van der Waals surface area contributed by atoms with Gasteiger partial charge in [-0.1, -0.05) is 157 Å². The Morgan fingerprint density at radius 2 is 1.12 bits per heavy atom. The molecule has 0 N–H and O–H groups in total. The van der Waals surface area contributed by atoms with E-state index in [1.54, 1.807) is 0 Å². The van der Waals surface area contributed by atoms with E-state index in [4.69, 9.17) is 0 Å². The van der Waals surface area contributed by atoms with Gasteiger partial charge >= 0.3 is 6.85 Å². The first-order valence-corrected chi connectivity index (χ1v) is 23.0. The lowest BCUT2D eigenvalue weighted by molar-refractivity contribution is 0.590. The molecule has 276 valence electrons. The van der Waals surface area contributed by atoms with Crippen molar-refractivity contribution in [1.29, 1.82) is 0 Å². The first-order chi connectivity index (χ1) is 28.1. The number of benzene rings is 8. The molecule has 5 heterocycles. The quantitative estimate of drug-likeness (QED) is 0.140. The number of fused-ring (bicyclic) bond motifs is 18. The zero-order valence-corrected chi connectivity index (χ0v) is 34.9. The summed E-state index contributed by atoms with van der Waals surface area (Å²) in [5.74, 6) is 0. The Morgan fingerprint density at radius 3 is 1.86 bits per heavy atom. The van der Waals surface area contributed by atoms with Crippen LogP contribution in [0.2, 0.25) is 0 Å². The van der Waals surface area contributed by atoms with Crippen molar-refractivity contribution in [3.05, 3.63) is 163 Å². The second kappa shape index (κ2) is 10.7. The molecule has 1 aromatic heterocycles. The van der Waals surface area contributed by atoms with Gasteiger partial charge in [0.1, 0.15) is 0 Å². The molecule has 58 heavy (non-hydrogen) atoms. The Hall–Kier alpha value is -6.10. The summed E-state index contributed by atoms with van der Waals surface area (Å²) < 4.78 is 2.76. The fourth-order valence-corrected chi connectivity index (χ4v) is 17.3. The molecule has 0 atom stereocenters. The van der Waals surface area contributed by atoms with Crippen molar-refractivity contribution in [1.82, 2.24) is 4.48 Å². The zero-order chi connectivity index (χ0) is 39.0. The minimum atomic E-state index is -2.75. The van der Waals surface area contributed by atoms with Gasteiger partial charge in [0.05, 0.1) is 0 Å². The highest BCUT2D eigenvalue weighted by atomic mass is 28.3. The summed E-state index contributed by atoms with van der Waals surface area (Å²) in [5, 5.41) is 11.3. The summed E-state index contributed by atoms with van der Waals surface area (Å²) in [4.78, 5) is 2.70. The van der Waals surface area contributed by atoms with Crippen LogP contribution in [0.3, 0.4) is 0 Å². The maximum absolute atomic E-state index is 2.76. The maximum Gasteiger partial charge on any atom is 0.333 e. The van der Waals surface area contributed by atoms with E-state index in [1.807, 2.05) is 0 Å². The van der Waals surface area contributed by atoms with Crippen molar-refractivity contribution in [2.75, 3.05) is 4.90 Å². The van der Waals surface area contributed by atoms with Gasteiger partial charge in [-0.05, 0) is 117 Å². The SMILES string of the molecule is CC(C)(C)c1ccc2c(c1)c1cc(C(C)(C)C)cc3c1n2B1c2cccc4c2N(c2ccccc2[Si]42c4ccccc4-c4ccccc42)c2cc4ccccc4c-3c21. The Balaban J connectivity index is 1.25. The molecule has 0 amide bonds. The third-order valence-corrected chi connectivity index (χ3v) is 19.2. The van der Waals surface area contributed by atoms with E-state index in [1.165, 1.54) is 115 Å². The van der Waals surface area contributed by atoms with Crippen LogP contribution in [-0.2, 0) is 10.8 Å². The smallest absolute Gasteiger partial charge is 0.333 e. The predicted molar refractivity (Wildman–Crippen MR) is 251 cm³/mol. The van der Waals surface area contributed by atoms with Crippen molar-refractivity contribution in [3.8, 4) is 22.3 Å². The molecule has 2 nitrogen and oxygen atoms in total. The molecule has 4 aliphatic rings. The molecule has 13 rings (SSSR count). The lowest BCUT2D eigenvalue weighted by Crippen LogP contribution is -2.77. The number of hydrogen-bond acceptors (Lipinski definition) is 1. The standard InChI is InChI=1S/C54H43BN2Si/c1-53(2,3)33-26-27-42-38(29-33)39-30-34(54(4,5)6)31-40-49-35-17-8-7-16-32(35)28-44-50(49)55(57(42)51(39)40)41-20-15-25-48-52(41)56(44)43-21-11-14-24-47(43)58(48)45-22-12-9-18-36(45)37-19-10-13-23-46(37)58/h7-31H,1-6H3. The van der Waals surface area contributed by atoms with E-state index in [0.717, 1.165) is 0 Å². The zero-order valence-electron chi connectivity index (χ0n) is 33.9. The van der Waals surface area contributed by atoms with Crippen molar-refractivity contribution >= 4 is 96.2 Å². The largest absolute Gasteiger partial charge is 0.375 e. The summed E-state index contributed by atoms with van der Waals surface area (Å²) in [6, 6.07) is 59.6. The predicted octanol–water partition coefficient (Wildman–Crippen LogP) is 9.63. The fraction of sp³-hybridized carbons (Fsp3) is 0.148. The van der Waals surface area contributed by atoms with Crippen LogP contribution >= 0.6 is 0 Å². The maximum atomic E-state index is 2.76. The molecule has 8 aromatic carbocycles. The number of para-hydroxylation sites is 2. The molecular formula is C54H43BN2Si. The van der Waals surface area contributed by atoms with Gasteiger partial charge in [0.15, 0.2) is 8.07 Å². The summed E-state index contributed by atoms with van der Waals surface area (Å²) >= 11 is 0. The third-order valence-electron chi connectivity index (χ3n) is 14.2. The summed E-state index contributed by atoms with van der Waals surface area (Å²) in [5.41, 5.74) is 17.8. The van der Waals surface area contributed by atoms with Gasteiger partial charge in [-0.2, -0.15) is 0 Å². The minimum Gasteiger partial charge on any atom is -0.375 e. The average molecular weight is 759 g/mol. The van der Waals surface area contributed by atoms with Crippen LogP contribution in [0.4, 0.5) is 17.1 Å². The van der Waals surface area contributed by atoms with E-state index >= 15 is 0 Å². The van der Waals surface area contributed by atoms with Gasteiger partial charge < -0.3 is 9.38 Å². The van der Waals surface area contributed by atoms with Gasteiger partial charge in [-0.25, -0.2) is 0 Å².